The highest BCUT2D eigenvalue weighted by atomic mass is 16.5. The molecule has 3 atom stereocenters. The molecule has 0 aliphatic heterocycles. The van der Waals surface area contributed by atoms with E-state index in [0.717, 1.165) is 44.1 Å². The molecule has 1 fully saturated rings. The van der Waals surface area contributed by atoms with E-state index >= 15 is 0 Å². The Kier molecular flexibility index (Phi) is 13.1. The highest BCUT2D eigenvalue weighted by Crippen LogP contribution is 2.31. The average Bonchev–Trinajstić information content (AvgIpc) is 3.35. The standard InChI is InChI=1S/C30H44N2O5/c1-4-6-8-16-26(19-24-14-9-7-10-15-24)29(36)37-22-30(17-11-12-18-30)32-28(35)25(13-5-2)20-27(34)31-23(3)21-33/h4-5,7,9-10,14-15,23,25-26,33H,1-2,6,8,11-13,16-22H2,3H3,(H,31,34)(H,32,35)/t23-,25+,26+/m0/s1. The molecule has 0 saturated heterocycles. The third kappa shape index (κ3) is 10.5. The topological polar surface area (TPSA) is 105 Å². The Hall–Kier alpha value is -2.93. The van der Waals surface area contributed by atoms with Gasteiger partial charge in [0.2, 0.25) is 11.8 Å². The zero-order valence-corrected chi connectivity index (χ0v) is 22.3. The molecule has 0 radical (unpaired) electrons. The molecule has 1 aromatic carbocycles. The Morgan fingerprint density at radius 3 is 2.43 bits per heavy atom. The molecule has 7 nitrogen and oxygen atoms in total. The summed E-state index contributed by atoms with van der Waals surface area (Å²) in [7, 11) is 0. The lowest BCUT2D eigenvalue weighted by Gasteiger charge is -2.32. The van der Waals surface area contributed by atoms with Crippen LogP contribution in [-0.4, -0.2) is 47.7 Å². The Labute approximate surface area is 221 Å². The van der Waals surface area contributed by atoms with Gasteiger partial charge in [0.25, 0.3) is 0 Å². The van der Waals surface area contributed by atoms with Crippen LogP contribution in [0.15, 0.2) is 55.6 Å². The van der Waals surface area contributed by atoms with E-state index in [2.05, 4.69) is 23.8 Å². The highest BCUT2D eigenvalue weighted by molar-refractivity contribution is 5.86. The van der Waals surface area contributed by atoms with Crippen molar-refractivity contribution >= 4 is 17.8 Å². The second kappa shape index (κ2) is 16.0. The van der Waals surface area contributed by atoms with Crippen molar-refractivity contribution < 1.29 is 24.2 Å². The zero-order valence-electron chi connectivity index (χ0n) is 22.3. The molecule has 7 heteroatoms. The summed E-state index contributed by atoms with van der Waals surface area (Å²) in [4.78, 5) is 38.8. The van der Waals surface area contributed by atoms with Gasteiger partial charge in [-0.2, -0.15) is 0 Å². The van der Waals surface area contributed by atoms with Gasteiger partial charge in [-0.25, -0.2) is 0 Å². The fourth-order valence-electron chi connectivity index (χ4n) is 4.85. The summed E-state index contributed by atoms with van der Waals surface area (Å²) in [5.41, 5.74) is 0.465. The first-order valence-electron chi connectivity index (χ1n) is 13.5. The molecule has 0 heterocycles. The van der Waals surface area contributed by atoms with Crippen LogP contribution in [0.1, 0.15) is 70.3 Å². The first-order valence-corrected chi connectivity index (χ1v) is 13.5. The molecule has 1 saturated carbocycles. The molecule has 0 unspecified atom stereocenters. The quantitative estimate of drug-likeness (QED) is 0.164. The molecule has 2 amide bonds. The Morgan fingerprint density at radius 2 is 1.81 bits per heavy atom. The lowest BCUT2D eigenvalue weighted by molar-refractivity contribution is -0.152. The molecule has 2 rings (SSSR count). The van der Waals surface area contributed by atoms with Crippen molar-refractivity contribution in [1.29, 1.82) is 0 Å². The van der Waals surface area contributed by atoms with Gasteiger partial charge in [0, 0.05) is 12.5 Å². The summed E-state index contributed by atoms with van der Waals surface area (Å²) < 4.78 is 5.88. The number of unbranched alkanes of at least 4 members (excludes halogenated alkanes) is 1. The summed E-state index contributed by atoms with van der Waals surface area (Å²) >= 11 is 0. The van der Waals surface area contributed by atoms with Crippen molar-refractivity contribution in [2.24, 2.45) is 11.8 Å². The third-order valence-corrected chi connectivity index (χ3v) is 6.99. The van der Waals surface area contributed by atoms with E-state index in [9.17, 15) is 19.5 Å². The van der Waals surface area contributed by atoms with Crippen LogP contribution >= 0.6 is 0 Å². The van der Waals surface area contributed by atoms with E-state index in [1.54, 1.807) is 13.0 Å². The second-order valence-corrected chi connectivity index (χ2v) is 10.3. The van der Waals surface area contributed by atoms with Gasteiger partial charge in [0.05, 0.1) is 24.0 Å². The maximum absolute atomic E-state index is 13.2. The van der Waals surface area contributed by atoms with E-state index in [4.69, 9.17) is 4.74 Å². The summed E-state index contributed by atoms with van der Waals surface area (Å²) in [5, 5.41) is 15.0. The smallest absolute Gasteiger partial charge is 0.309 e. The summed E-state index contributed by atoms with van der Waals surface area (Å²) in [6, 6.07) is 9.55. The third-order valence-electron chi connectivity index (χ3n) is 6.99. The lowest BCUT2D eigenvalue weighted by atomic mass is 9.93. The maximum Gasteiger partial charge on any atom is 0.309 e. The van der Waals surface area contributed by atoms with Crippen molar-refractivity contribution in [3.63, 3.8) is 0 Å². The minimum Gasteiger partial charge on any atom is -0.463 e. The number of amides is 2. The molecule has 1 aliphatic carbocycles. The first kappa shape index (κ1) is 30.3. The van der Waals surface area contributed by atoms with Crippen molar-refractivity contribution in [2.45, 2.75) is 82.7 Å². The predicted molar refractivity (Wildman–Crippen MR) is 146 cm³/mol. The summed E-state index contributed by atoms with van der Waals surface area (Å²) in [6.07, 6.45) is 10.2. The number of aliphatic hydroxyl groups is 1. The van der Waals surface area contributed by atoms with Gasteiger partial charge in [-0.05, 0) is 57.4 Å². The van der Waals surface area contributed by atoms with Crippen molar-refractivity contribution in [1.82, 2.24) is 10.6 Å². The molecule has 3 N–H and O–H groups in total. The number of esters is 1. The highest BCUT2D eigenvalue weighted by Gasteiger charge is 2.39. The Bertz CT molecular complexity index is 879. The number of hydrogen-bond acceptors (Lipinski definition) is 5. The number of hydrogen-bond donors (Lipinski definition) is 3. The van der Waals surface area contributed by atoms with Crippen molar-refractivity contribution in [2.75, 3.05) is 13.2 Å². The number of aliphatic hydroxyl groups excluding tert-OH is 1. The van der Waals surface area contributed by atoms with Crippen molar-refractivity contribution in [3.05, 3.63) is 61.2 Å². The number of nitrogens with one attached hydrogen (secondary N) is 2. The molecule has 0 spiro atoms. The van der Waals surface area contributed by atoms with Gasteiger partial charge in [0.1, 0.15) is 6.61 Å². The fourth-order valence-corrected chi connectivity index (χ4v) is 4.85. The van der Waals surface area contributed by atoms with E-state index in [1.807, 2.05) is 36.4 Å². The van der Waals surface area contributed by atoms with Gasteiger partial charge in [-0.3, -0.25) is 14.4 Å². The van der Waals surface area contributed by atoms with Crippen LogP contribution in [0.5, 0.6) is 0 Å². The van der Waals surface area contributed by atoms with Gasteiger partial charge >= 0.3 is 5.97 Å². The number of rotatable bonds is 17. The van der Waals surface area contributed by atoms with Crippen LogP contribution in [0.4, 0.5) is 0 Å². The molecular formula is C30H44N2O5. The van der Waals surface area contributed by atoms with E-state index < -0.39 is 11.5 Å². The predicted octanol–water partition coefficient (Wildman–Crippen LogP) is 4.25. The van der Waals surface area contributed by atoms with Gasteiger partial charge in [-0.1, -0.05) is 55.3 Å². The van der Waals surface area contributed by atoms with E-state index in [-0.39, 0.29) is 49.4 Å². The lowest BCUT2D eigenvalue weighted by Crippen LogP contribution is -2.52. The van der Waals surface area contributed by atoms with E-state index in [0.29, 0.717) is 19.3 Å². The molecule has 0 aromatic heterocycles. The summed E-state index contributed by atoms with van der Waals surface area (Å²) in [5.74, 6) is -1.62. The molecule has 1 aliphatic rings. The maximum atomic E-state index is 13.2. The number of ether oxygens (including phenoxy) is 1. The minimum absolute atomic E-state index is 0.000510. The average molecular weight is 513 g/mol. The minimum atomic E-state index is -0.626. The normalized spacial score (nSPS) is 16.7. The van der Waals surface area contributed by atoms with Crippen LogP contribution in [0.25, 0.3) is 0 Å². The van der Waals surface area contributed by atoms with E-state index in [1.165, 1.54) is 0 Å². The SMILES string of the molecule is C=CCCC[C@H](Cc1ccccc1)C(=O)OCC1(NC(=O)[C@H](CC=C)CC(=O)N[C@@H](C)CO)CCCC1. The Balaban J connectivity index is 2.04. The number of allylic oxidation sites excluding steroid dienone is 2. The molecule has 204 valence electrons. The van der Waals surface area contributed by atoms with Crippen LogP contribution in [0.3, 0.4) is 0 Å². The van der Waals surface area contributed by atoms with Crippen LogP contribution in [-0.2, 0) is 25.5 Å². The first-order chi connectivity index (χ1) is 17.8. The number of benzene rings is 1. The zero-order chi connectivity index (χ0) is 27.1. The van der Waals surface area contributed by atoms with Gasteiger partial charge < -0.3 is 20.5 Å². The van der Waals surface area contributed by atoms with Crippen LogP contribution < -0.4 is 10.6 Å². The monoisotopic (exact) mass is 512 g/mol. The molecule has 1 aromatic rings. The van der Waals surface area contributed by atoms with Gasteiger partial charge in [-0.15, -0.1) is 13.2 Å². The Morgan fingerprint density at radius 1 is 1.11 bits per heavy atom. The molecule has 37 heavy (non-hydrogen) atoms. The largest absolute Gasteiger partial charge is 0.463 e. The van der Waals surface area contributed by atoms with Crippen molar-refractivity contribution in [3.8, 4) is 0 Å². The van der Waals surface area contributed by atoms with Crippen LogP contribution in [0.2, 0.25) is 0 Å². The fraction of sp³-hybridized carbons (Fsp3) is 0.567. The molecule has 0 bridgehead atoms. The molecular weight excluding hydrogens is 468 g/mol. The second-order valence-electron chi connectivity index (χ2n) is 10.3. The van der Waals surface area contributed by atoms with Gasteiger partial charge in [0.15, 0.2) is 0 Å². The number of carbonyl (C=O) groups is 3. The summed E-state index contributed by atoms with van der Waals surface area (Å²) in [6.45, 7) is 9.16. The van der Waals surface area contributed by atoms with Crippen LogP contribution in [0, 0.1) is 11.8 Å². The number of carbonyl (C=O) groups excluding carboxylic acids is 3.